The number of phenolic OH excluding ortho intramolecular Hbond substituents is 1. The van der Waals surface area contributed by atoms with Gasteiger partial charge in [0.05, 0.1) is 11.2 Å². The van der Waals surface area contributed by atoms with Crippen LogP contribution in [0.1, 0.15) is 11.3 Å². The Kier molecular flexibility index (Phi) is 4.38. The van der Waals surface area contributed by atoms with Crippen molar-refractivity contribution in [2.75, 3.05) is 0 Å². The molecule has 2 nitrogen and oxygen atoms in total. The van der Waals surface area contributed by atoms with Crippen molar-refractivity contribution < 1.29 is 5.11 Å². The average Bonchev–Trinajstić information content (AvgIpc) is 2.46. The number of hydrogen-bond acceptors (Lipinski definition) is 2. The van der Waals surface area contributed by atoms with Crippen LogP contribution in [0, 0.1) is 0 Å². The van der Waals surface area contributed by atoms with E-state index in [2.05, 4.69) is 4.98 Å². The van der Waals surface area contributed by atoms with Crippen LogP contribution in [0.15, 0.2) is 60.7 Å². The summed E-state index contributed by atoms with van der Waals surface area (Å²) in [5.41, 5.74) is 2.64. The SMILES string of the molecule is Cl.Oc1ccccc1C=Cc1ccc2ccccc2n1. The third-order valence-electron chi connectivity index (χ3n) is 2.99. The van der Waals surface area contributed by atoms with E-state index in [0.717, 1.165) is 22.2 Å². The first-order valence-corrected chi connectivity index (χ1v) is 6.15. The van der Waals surface area contributed by atoms with Crippen LogP contribution in [0.2, 0.25) is 0 Å². The molecule has 1 N–H and O–H groups in total. The smallest absolute Gasteiger partial charge is 0.122 e. The van der Waals surface area contributed by atoms with E-state index in [1.54, 1.807) is 12.1 Å². The lowest BCUT2D eigenvalue weighted by Gasteiger charge is -1.99. The summed E-state index contributed by atoms with van der Waals surface area (Å²) in [5, 5.41) is 10.8. The Morgan fingerprint density at radius 1 is 0.800 bits per heavy atom. The summed E-state index contributed by atoms with van der Waals surface area (Å²) in [5.74, 6) is 0.277. The van der Waals surface area contributed by atoms with Crippen LogP contribution in [0.25, 0.3) is 23.1 Å². The predicted molar refractivity (Wildman–Crippen MR) is 86.0 cm³/mol. The number of phenols is 1. The molecule has 20 heavy (non-hydrogen) atoms. The minimum Gasteiger partial charge on any atom is -0.507 e. The monoisotopic (exact) mass is 283 g/mol. The van der Waals surface area contributed by atoms with Crippen LogP contribution in [-0.2, 0) is 0 Å². The molecule has 0 saturated carbocycles. The zero-order chi connectivity index (χ0) is 13.1. The Bertz CT molecular complexity index is 753. The van der Waals surface area contributed by atoms with E-state index in [1.807, 2.05) is 60.7 Å². The number of benzene rings is 2. The molecule has 0 fully saturated rings. The number of fused-ring (bicyclic) bond motifs is 1. The van der Waals surface area contributed by atoms with Gasteiger partial charge in [-0.1, -0.05) is 42.5 Å². The molecule has 0 radical (unpaired) electrons. The summed E-state index contributed by atoms with van der Waals surface area (Å²) in [6.07, 6.45) is 3.77. The molecule has 0 saturated heterocycles. The van der Waals surface area contributed by atoms with Crippen LogP contribution in [-0.4, -0.2) is 10.1 Å². The molecule has 3 aromatic rings. The second-order valence-electron chi connectivity index (χ2n) is 4.32. The molecule has 2 aromatic carbocycles. The summed E-state index contributed by atoms with van der Waals surface area (Å²) in [6, 6.07) is 19.3. The molecule has 0 aliphatic carbocycles. The van der Waals surface area contributed by atoms with Gasteiger partial charge in [0.25, 0.3) is 0 Å². The predicted octanol–water partition coefficient (Wildman–Crippen LogP) is 4.53. The zero-order valence-corrected chi connectivity index (χ0v) is 11.5. The quantitative estimate of drug-likeness (QED) is 0.749. The highest BCUT2D eigenvalue weighted by Gasteiger charge is 1.96. The Hall–Kier alpha value is -2.32. The number of pyridine rings is 1. The molecule has 100 valence electrons. The van der Waals surface area contributed by atoms with Crippen molar-refractivity contribution in [3.63, 3.8) is 0 Å². The van der Waals surface area contributed by atoms with Crippen molar-refractivity contribution >= 4 is 35.5 Å². The van der Waals surface area contributed by atoms with Gasteiger partial charge in [0.1, 0.15) is 5.75 Å². The maximum absolute atomic E-state index is 9.69. The Morgan fingerprint density at radius 3 is 2.40 bits per heavy atom. The van der Waals surface area contributed by atoms with Crippen molar-refractivity contribution in [1.29, 1.82) is 0 Å². The number of aromatic nitrogens is 1. The lowest BCUT2D eigenvalue weighted by molar-refractivity contribution is 0.474. The van der Waals surface area contributed by atoms with E-state index < -0.39 is 0 Å². The molecule has 0 amide bonds. The van der Waals surface area contributed by atoms with Gasteiger partial charge in [-0.15, -0.1) is 12.4 Å². The van der Waals surface area contributed by atoms with E-state index in [9.17, 15) is 5.11 Å². The van der Waals surface area contributed by atoms with E-state index in [1.165, 1.54) is 0 Å². The number of nitrogens with zero attached hydrogens (tertiary/aromatic N) is 1. The van der Waals surface area contributed by atoms with Crippen LogP contribution in [0.3, 0.4) is 0 Å². The summed E-state index contributed by atoms with van der Waals surface area (Å²) in [4.78, 5) is 4.55. The molecule has 3 rings (SSSR count). The second-order valence-corrected chi connectivity index (χ2v) is 4.32. The highest BCUT2D eigenvalue weighted by molar-refractivity contribution is 5.85. The first-order chi connectivity index (χ1) is 9.33. The lowest BCUT2D eigenvalue weighted by Crippen LogP contribution is -1.82. The Morgan fingerprint density at radius 2 is 1.55 bits per heavy atom. The topological polar surface area (TPSA) is 33.1 Å². The second kappa shape index (κ2) is 6.22. The van der Waals surface area contributed by atoms with Crippen molar-refractivity contribution in [2.24, 2.45) is 0 Å². The average molecular weight is 284 g/mol. The van der Waals surface area contributed by atoms with Crippen molar-refractivity contribution in [3.05, 3.63) is 71.9 Å². The standard InChI is InChI=1S/C17H13NO.ClH/c19-17-8-4-2-6-14(17)10-12-15-11-9-13-5-1-3-7-16(13)18-15;/h1-12,19H;1H. The van der Waals surface area contributed by atoms with Gasteiger partial charge in [0.2, 0.25) is 0 Å². The minimum atomic E-state index is 0. The van der Waals surface area contributed by atoms with Crippen LogP contribution >= 0.6 is 12.4 Å². The fraction of sp³-hybridized carbons (Fsp3) is 0. The van der Waals surface area contributed by atoms with E-state index in [4.69, 9.17) is 0 Å². The highest BCUT2D eigenvalue weighted by Crippen LogP contribution is 2.19. The molecule has 0 spiro atoms. The first-order valence-electron chi connectivity index (χ1n) is 6.15. The van der Waals surface area contributed by atoms with Gasteiger partial charge in [-0.05, 0) is 30.4 Å². The number of para-hydroxylation sites is 2. The summed E-state index contributed by atoms with van der Waals surface area (Å²) in [7, 11) is 0. The van der Waals surface area contributed by atoms with Crippen LogP contribution in [0.4, 0.5) is 0 Å². The maximum Gasteiger partial charge on any atom is 0.122 e. The highest BCUT2D eigenvalue weighted by atomic mass is 35.5. The fourth-order valence-corrected chi connectivity index (χ4v) is 1.98. The number of rotatable bonds is 2. The van der Waals surface area contributed by atoms with Crippen molar-refractivity contribution in [3.8, 4) is 5.75 Å². The van der Waals surface area contributed by atoms with Gasteiger partial charge < -0.3 is 5.11 Å². The molecule has 0 unspecified atom stereocenters. The largest absolute Gasteiger partial charge is 0.507 e. The molecule has 1 aromatic heterocycles. The molecule has 0 aliphatic rings. The molecule has 0 aliphatic heterocycles. The number of halogens is 1. The number of aromatic hydroxyl groups is 1. The molecule has 3 heteroatoms. The van der Waals surface area contributed by atoms with E-state index in [-0.39, 0.29) is 18.2 Å². The van der Waals surface area contributed by atoms with Gasteiger partial charge >= 0.3 is 0 Å². The Balaban J connectivity index is 0.00000147. The van der Waals surface area contributed by atoms with Gasteiger partial charge in [0, 0.05) is 10.9 Å². The zero-order valence-electron chi connectivity index (χ0n) is 10.7. The molecule has 0 atom stereocenters. The van der Waals surface area contributed by atoms with Gasteiger partial charge in [-0.3, -0.25) is 0 Å². The third-order valence-corrected chi connectivity index (χ3v) is 2.99. The molecular formula is C17H14ClNO. The third kappa shape index (κ3) is 2.98. The van der Waals surface area contributed by atoms with Crippen LogP contribution < -0.4 is 0 Å². The van der Waals surface area contributed by atoms with E-state index in [0.29, 0.717) is 0 Å². The van der Waals surface area contributed by atoms with Gasteiger partial charge in [0.15, 0.2) is 0 Å². The normalized spacial score (nSPS) is 10.6. The molecule has 0 bridgehead atoms. The summed E-state index contributed by atoms with van der Waals surface area (Å²) >= 11 is 0. The van der Waals surface area contributed by atoms with Gasteiger partial charge in [-0.25, -0.2) is 4.98 Å². The number of hydrogen-bond donors (Lipinski definition) is 1. The summed E-state index contributed by atoms with van der Waals surface area (Å²) in [6.45, 7) is 0. The Labute approximate surface area is 123 Å². The summed E-state index contributed by atoms with van der Waals surface area (Å²) < 4.78 is 0. The van der Waals surface area contributed by atoms with Crippen LogP contribution in [0.5, 0.6) is 5.75 Å². The van der Waals surface area contributed by atoms with Gasteiger partial charge in [-0.2, -0.15) is 0 Å². The molecule has 1 heterocycles. The minimum absolute atomic E-state index is 0. The van der Waals surface area contributed by atoms with E-state index >= 15 is 0 Å². The lowest BCUT2D eigenvalue weighted by atomic mass is 10.1. The van der Waals surface area contributed by atoms with Crippen molar-refractivity contribution in [1.82, 2.24) is 4.98 Å². The fourth-order valence-electron chi connectivity index (χ4n) is 1.98. The maximum atomic E-state index is 9.69. The molecular weight excluding hydrogens is 270 g/mol. The van der Waals surface area contributed by atoms with Crippen molar-refractivity contribution in [2.45, 2.75) is 0 Å². The first kappa shape index (κ1) is 14.1.